The molecule has 0 radical (unpaired) electrons. The van der Waals surface area contributed by atoms with Crippen molar-refractivity contribution in [3.05, 3.63) is 22.7 Å². The van der Waals surface area contributed by atoms with Gasteiger partial charge in [0.25, 0.3) is 0 Å². The molecule has 2 unspecified atom stereocenters. The first-order chi connectivity index (χ1) is 17.1. The molecule has 2 aliphatic carbocycles. The number of rotatable bonds is 5. The number of carbonyl (C=O) groups is 2. The van der Waals surface area contributed by atoms with Crippen molar-refractivity contribution in [1.29, 1.82) is 0 Å². The van der Waals surface area contributed by atoms with Crippen LogP contribution in [0.1, 0.15) is 45.6 Å². The minimum Gasteiger partial charge on any atom is -0.338 e. The van der Waals surface area contributed by atoms with Crippen molar-refractivity contribution >= 4 is 30.2 Å². The summed E-state index contributed by atoms with van der Waals surface area (Å²) in [4.78, 5) is 47.8. The van der Waals surface area contributed by atoms with Gasteiger partial charge < -0.3 is 26.2 Å². The first-order valence-corrected chi connectivity index (χ1v) is 13.3. The zero-order valence-electron chi connectivity index (χ0n) is 21.8. The number of likely N-dealkylation sites (tertiary alicyclic amines) is 1. The number of nitrogens with zero attached hydrogens (tertiary/aromatic N) is 5. The minimum absolute atomic E-state index is 0. The van der Waals surface area contributed by atoms with Crippen molar-refractivity contribution in [2.75, 3.05) is 51.1 Å². The van der Waals surface area contributed by atoms with E-state index in [2.05, 4.69) is 15.2 Å². The first-order valence-electron chi connectivity index (χ1n) is 13.3. The van der Waals surface area contributed by atoms with Crippen LogP contribution >= 0.6 is 12.4 Å². The number of nitrogens with two attached hydrogens (primary N) is 2. The van der Waals surface area contributed by atoms with Gasteiger partial charge in [-0.3, -0.25) is 14.7 Å². The van der Waals surface area contributed by atoms with Crippen LogP contribution in [-0.4, -0.2) is 93.6 Å². The van der Waals surface area contributed by atoms with Crippen molar-refractivity contribution in [2.24, 2.45) is 29.2 Å². The summed E-state index contributed by atoms with van der Waals surface area (Å²) in [6, 6.07) is 1.97. The van der Waals surface area contributed by atoms with E-state index in [1.807, 2.05) is 0 Å². The van der Waals surface area contributed by atoms with Crippen molar-refractivity contribution in [1.82, 2.24) is 24.3 Å². The van der Waals surface area contributed by atoms with Gasteiger partial charge in [0.1, 0.15) is 5.82 Å². The van der Waals surface area contributed by atoms with Crippen LogP contribution in [0.15, 0.2) is 17.1 Å². The van der Waals surface area contributed by atoms with Crippen molar-refractivity contribution in [3.63, 3.8) is 0 Å². The van der Waals surface area contributed by atoms with Crippen LogP contribution in [0.25, 0.3) is 0 Å². The van der Waals surface area contributed by atoms with Gasteiger partial charge in [0.05, 0.1) is 5.54 Å². The highest BCUT2D eigenvalue weighted by molar-refractivity contribution is 5.89. The molecule has 12 heteroatoms. The van der Waals surface area contributed by atoms with Crippen LogP contribution in [0.3, 0.4) is 0 Å². The van der Waals surface area contributed by atoms with Crippen LogP contribution in [0.5, 0.6) is 0 Å². The number of halogens is 1. The summed E-state index contributed by atoms with van der Waals surface area (Å²) < 4.78 is 1.72. The maximum absolute atomic E-state index is 12.8. The summed E-state index contributed by atoms with van der Waals surface area (Å²) in [5.74, 6) is 2.26. The Morgan fingerprint density at radius 1 is 1.05 bits per heavy atom. The average molecular weight is 537 g/mol. The van der Waals surface area contributed by atoms with E-state index in [0.29, 0.717) is 38.1 Å². The molecule has 2 saturated carbocycles. The monoisotopic (exact) mass is 536 g/mol. The van der Waals surface area contributed by atoms with E-state index in [0.717, 1.165) is 57.2 Å². The lowest BCUT2D eigenvalue weighted by Crippen LogP contribution is -2.58. The third-order valence-corrected chi connectivity index (χ3v) is 8.53. The van der Waals surface area contributed by atoms with Crippen LogP contribution in [0.4, 0.5) is 10.6 Å². The van der Waals surface area contributed by atoms with E-state index < -0.39 is 5.54 Å². The number of urea groups is 1. The Morgan fingerprint density at radius 3 is 2.22 bits per heavy atom. The Kier molecular flexibility index (Phi) is 8.18. The topological polar surface area (TPSA) is 143 Å². The number of aromatic nitrogens is 2. The van der Waals surface area contributed by atoms with Gasteiger partial charge in [-0.15, -0.1) is 12.4 Å². The smallest absolute Gasteiger partial charge is 0.338 e. The quantitative estimate of drug-likeness (QED) is 0.502. The molecule has 11 nitrogen and oxygen atoms in total. The van der Waals surface area contributed by atoms with Crippen molar-refractivity contribution in [2.45, 2.75) is 57.2 Å². The number of hydrogen-bond donors (Lipinski definition) is 3. The zero-order valence-corrected chi connectivity index (χ0v) is 22.7. The van der Waals surface area contributed by atoms with Crippen LogP contribution < -0.4 is 22.5 Å². The number of hydrogen-bond acceptors (Lipinski definition) is 7. The number of piperidine rings is 1. The van der Waals surface area contributed by atoms with Gasteiger partial charge in [-0.25, -0.2) is 9.59 Å². The van der Waals surface area contributed by atoms with Gasteiger partial charge >= 0.3 is 11.7 Å². The lowest BCUT2D eigenvalue weighted by Gasteiger charge is -2.37. The molecular weight excluding hydrogens is 496 g/mol. The predicted octanol–water partition coefficient (Wildman–Crippen LogP) is 0.699. The fourth-order valence-corrected chi connectivity index (χ4v) is 6.25. The number of amides is 3. The van der Waals surface area contributed by atoms with Crippen LogP contribution in [-0.2, 0) is 4.79 Å². The molecule has 37 heavy (non-hydrogen) atoms. The van der Waals surface area contributed by atoms with Crippen LogP contribution in [0, 0.1) is 17.8 Å². The molecule has 5 N–H and O–H groups in total. The van der Waals surface area contributed by atoms with Crippen molar-refractivity contribution in [3.8, 4) is 0 Å². The molecule has 1 aromatic heterocycles. The van der Waals surface area contributed by atoms with Crippen LogP contribution in [0.2, 0.25) is 0 Å². The molecule has 2 aliphatic heterocycles. The van der Waals surface area contributed by atoms with Gasteiger partial charge in [0.15, 0.2) is 0 Å². The molecule has 0 bridgehead atoms. The molecule has 3 amide bonds. The molecule has 4 fully saturated rings. The number of anilines is 1. The third-order valence-electron chi connectivity index (χ3n) is 8.53. The summed E-state index contributed by atoms with van der Waals surface area (Å²) in [6.45, 7) is 8.48. The lowest BCUT2D eigenvalue weighted by molar-refractivity contribution is -0.137. The SMILES string of the molecule is CC(C)(N)C(=O)N1CCN(C(=O)Nc2ccn([C@H]3CC[C@@H](CN4CC5C(N)C5C4)CC3)c(=O)n2)CC1.Cl. The fraction of sp³-hybridized carbons (Fsp3) is 0.760. The van der Waals surface area contributed by atoms with E-state index in [9.17, 15) is 14.4 Å². The minimum atomic E-state index is -0.930. The number of carbonyl (C=O) groups excluding carboxylic acids is 2. The molecule has 1 aromatic rings. The standard InChI is InChI=1S/C25H40N8O3.ClH/c1-25(2,27)22(34)31-9-11-32(12-10-31)23(35)28-20-7-8-33(24(36)29-20)17-5-3-16(4-6-17)13-30-14-18-19(15-30)21(18)26;/h7-8,16-19,21H,3-6,9-15,26-27H2,1-2H3,(H,28,29,35,36);1H/t16-,17+,18?,19?,21?;. The van der Waals surface area contributed by atoms with Gasteiger partial charge in [-0.05, 0) is 63.4 Å². The maximum atomic E-state index is 12.8. The highest BCUT2D eigenvalue weighted by Crippen LogP contribution is 2.44. The molecule has 2 atom stereocenters. The molecule has 206 valence electrons. The summed E-state index contributed by atoms with van der Waals surface area (Å²) in [6.07, 6.45) is 5.93. The third kappa shape index (κ3) is 6.10. The fourth-order valence-electron chi connectivity index (χ4n) is 6.25. The van der Waals surface area contributed by atoms with E-state index in [4.69, 9.17) is 11.5 Å². The summed E-state index contributed by atoms with van der Waals surface area (Å²) >= 11 is 0. The molecule has 0 spiro atoms. The second-order valence-electron chi connectivity index (χ2n) is 11.7. The Balaban J connectivity index is 0.00000320. The molecule has 4 aliphatic rings. The highest BCUT2D eigenvalue weighted by Gasteiger charge is 2.53. The largest absolute Gasteiger partial charge is 0.349 e. The Morgan fingerprint density at radius 2 is 1.65 bits per heavy atom. The van der Waals surface area contributed by atoms with E-state index >= 15 is 0 Å². The average Bonchev–Trinajstić information content (AvgIpc) is 3.23. The Hall–Kier alpha value is -2.21. The van der Waals surface area contributed by atoms with Crippen molar-refractivity contribution < 1.29 is 9.59 Å². The molecule has 5 rings (SSSR count). The van der Waals surface area contributed by atoms with Gasteiger partial charge in [-0.1, -0.05) is 0 Å². The van der Waals surface area contributed by atoms with Gasteiger partial charge in [-0.2, -0.15) is 4.98 Å². The summed E-state index contributed by atoms with van der Waals surface area (Å²) in [5.41, 5.74) is 10.7. The van der Waals surface area contributed by atoms with Gasteiger partial charge in [0, 0.05) is 64.1 Å². The first kappa shape index (κ1) is 27.8. The van der Waals surface area contributed by atoms with E-state index in [-0.39, 0.29) is 41.9 Å². The Bertz CT molecular complexity index is 1030. The van der Waals surface area contributed by atoms with E-state index in [1.54, 1.807) is 40.5 Å². The number of fused-ring (bicyclic) bond motifs is 1. The van der Waals surface area contributed by atoms with Gasteiger partial charge in [0.2, 0.25) is 5.91 Å². The maximum Gasteiger partial charge on any atom is 0.349 e. The number of nitrogens with one attached hydrogen (secondary N) is 1. The lowest BCUT2D eigenvalue weighted by atomic mass is 9.85. The summed E-state index contributed by atoms with van der Waals surface area (Å²) in [7, 11) is 0. The highest BCUT2D eigenvalue weighted by atomic mass is 35.5. The summed E-state index contributed by atoms with van der Waals surface area (Å²) in [5, 5.41) is 2.73. The second kappa shape index (κ2) is 10.9. The number of piperazine rings is 1. The zero-order chi connectivity index (χ0) is 25.6. The predicted molar refractivity (Wildman–Crippen MR) is 144 cm³/mol. The molecule has 0 aromatic carbocycles. The molecular formula is C25H41ClN8O3. The molecule has 3 heterocycles. The normalized spacial score (nSPS) is 29.9. The second-order valence-corrected chi connectivity index (χ2v) is 11.7. The van der Waals surface area contributed by atoms with E-state index in [1.165, 1.54) is 0 Å². The Labute approximate surface area is 224 Å². The molecule has 2 saturated heterocycles.